The van der Waals surface area contributed by atoms with Gasteiger partial charge in [0.1, 0.15) is 0 Å². The predicted octanol–water partition coefficient (Wildman–Crippen LogP) is -0.0851. The fourth-order valence-corrected chi connectivity index (χ4v) is 1.58. The lowest BCUT2D eigenvalue weighted by molar-refractivity contribution is 0.122. The maximum atomic E-state index is 11.1. The van der Waals surface area contributed by atoms with Gasteiger partial charge in [0.05, 0.1) is 24.6 Å². The Balaban J connectivity index is 2.29. The first-order valence-corrected chi connectivity index (χ1v) is 4.66. The molecular formula is C9H13N3O2. The number of nitrogens with one attached hydrogen (secondary N) is 1. The van der Waals surface area contributed by atoms with Crippen molar-refractivity contribution in [1.29, 1.82) is 0 Å². The molecule has 0 unspecified atom stereocenters. The van der Waals surface area contributed by atoms with Gasteiger partial charge in [0.25, 0.3) is 5.56 Å². The maximum Gasteiger partial charge on any atom is 0.266 e. The van der Waals surface area contributed by atoms with Crippen LogP contribution in [0.15, 0.2) is 10.9 Å². The number of hydrogen-bond donors (Lipinski definition) is 1. The van der Waals surface area contributed by atoms with E-state index in [1.54, 1.807) is 6.07 Å². The molecule has 2 rings (SSSR count). The van der Waals surface area contributed by atoms with Crippen molar-refractivity contribution in [3.8, 4) is 0 Å². The number of ether oxygens (including phenoxy) is 1. The maximum absolute atomic E-state index is 11.1. The zero-order chi connectivity index (χ0) is 9.97. The summed E-state index contributed by atoms with van der Waals surface area (Å²) in [5.74, 6) is 0. The van der Waals surface area contributed by atoms with Crippen LogP contribution in [-0.2, 0) is 4.74 Å². The third-order valence-electron chi connectivity index (χ3n) is 2.32. The van der Waals surface area contributed by atoms with Gasteiger partial charge in [0.2, 0.25) is 0 Å². The minimum atomic E-state index is -0.155. The second-order valence-corrected chi connectivity index (χ2v) is 3.30. The highest BCUT2D eigenvalue weighted by Crippen LogP contribution is 2.15. The zero-order valence-corrected chi connectivity index (χ0v) is 8.12. The van der Waals surface area contributed by atoms with E-state index in [1.165, 1.54) is 0 Å². The fraction of sp³-hybridized carbons (Fsp3) is 0.556. The monoisotopic (exact) mass is 195 g/mol. The second kappa shape index (κ2) is 3.79. The molecule has 0 atom stereocenters. The summed E-state index contributed by atoms with van der Waals surface area (Å²) in [6.07, 6.45) is 0. The highest BCUT2D eigenvalue weighted by molar-refractivity contribution is 5.49. The highest BCUT2D eigenvalue weighted by Gasteiger charge is 2.14. The molecule has 1 N–H and O–H groups in total. The molecule has 5 heteroatoms. The molecule has 1 aromatic heterocycles. The summed E-state index contributed by atoms with van der Waals surface area (Å²) in [5, 5.41) is 6.35. The van der Waals surface area contributed by atoms with E-state index in [1.807, 2.05) is 6.92 Å². The van der Waals surface area contributed by atoms with Crippen LogP contribution in [0.25, 0.3) is 0 Å². The van der Waals surface area contributed by atoms with Crippen LogP contribution in [0.4, 0.5) is 5.69 Å². The number of aryl methyl sites for hydroxylation is 1. The van der Waals surface area contributed by atoms with E-state index in [0.717, 1.165) is 24.5 Å². The molecule has 0 amide bonds. The number of aromatic amines is 1. The molecule has 0 radical (unpaired) electrons. The van der Waals surface area contributed by atoms with Crippen molar-refractivity contribution in [3.05, 3.63) is 22.1 Å². The minimum absolute atomic E-state index is 0.155. The highest BCUT2D eigenvalue weighted by atomic mass is 16.5. The Morgan fingerprint density at radius 1 is 1.50 bits per heavy atom. The summed E-state index contributed by atoms with van der Waals surface area (Å²) < 4.78 is 5.24. The first kappa shape index (κ1) is 9.21. The van der Waals surface area contributed by atoms with Gasteiger partial charge >= 0.3 is 0 Å². The quantitative estimate of drug-likeness (QED) is 0.680. The van der Waals surface area contributed by atoms with Crippen LogP contribution in [-0.4, -0.2) is 36.5 Å². The molecule has 1 aromatic rings. The molecule has 2 heterocycles. The van der Waals surface area contributed by atoms with E-state index in [2.05, 4.69) is 15.1 Å². The number of aromatic nitrogens is 2. The second-order valence-electron chi connectivity index (χ2n) is 3.30. The Hall–Kier alpha value is -1.36. The van der Waals surface area contributed by atoms with E-state index in [0.29, 0.717) is 13.2 Å². The fourth-order valence-electron chi connectivity index (χ4n) is 1.58. The molecular weight excluding hydrogens is 182 g/mol. The summed E-state index contributed by atoms with van der Waals surface area (Å²) in [7, 11) is 0. The predicted molar refractivity (Wildman–Crippen MR) is 52.6 cm³/mol. The molecule has 0 aromatic carbocycles. The van der Waals surface area contributed by atoms with Crippen molar-refractivity contribution in [1.82, 2.24) is 10.2 Å². The Kier molecular flexibility index (Phi) is 2.49. The van der Waals surface area contributed by atoms with Crippen molar-refractivity contribution < 1.29 is 4.74 Å². The van der Waals surface area contributed by atoms with Crippen LogP contribution in [0, 0.1) is 6.92 Å². The van der Waals surface area contributed by atoms with Gasteiger partial charge in [0, 0.05) is 19.2 Å². The van der Waals surface area contributed by atoms with Crippen molar-refractivity contribution >= 4 is 5.69 Å². The molecule has 0 saturated carbocycles. The number of rotatable bonds is 1. The van der Waals surface area contributed by atoms with Gasteiger partial charge in [0.15, 0.2) is 0 Å². The van der Waals surface area contributed by atoms with Gasteiger partial charge < -0.3 is 9.64 Å². The largest absolute Gasteiger partial charge is 0.378 e. The van der Waals surface area contributed by atoms with Crippen molar-refractivity contribution in [2.24, 2.45) is 0 Å². The Morgan fingerprint density at radius 3 is 2.93 bits per heavy atom. The normalized spacial score (nSPS) is 17.1. The minimum Gasteiger partial charge on any atom is -0.378 e. The topological polar surface area (TPSA) is 58.2 Å². The van der Waals surface area contributed by atoms with Crippen LogP contribution in [0.5, 0.6) is 0 Å². The van der Waals surface area contributed by atoms with Gasteiger partial charge in [-0.3, -0.25) is 4.79 Å². The Labute approximate surface area is 81.7 Å². The number of H-pyrrole nitrogens is 1. The van der Waals surface area contributed by atoms with Crippen molar-refractivity contribution in [2.45, 2.75) is 6.92 Å². The summed E-state index contributed by atoms with van der Waals surface area (Å²) >= 11 is 0. The summed E-state index contributed by atoms with van der Waals surface area (Å²) in [6, 6.07) is 1.59. The molecule has 1 fully saturated rings. The molecule has 5 nitrogen and oxygen atoms in total. The van der Waals surface area contributed by atoms with Gasteiger partial charge in [-0.2, -0.15) is 5.10 Å². The van der Waals surface area contributed by atoms with Crippen molar-refractivity contribution in [3.63, 3.8) is 0 Å². The average Bonchev–Trinajstić information content (AvgIpc) is 2.23. The van der Waals surface area contributed by atoms with E-state index in [-0.39, 0.29) is 5.56 Å². The SMILES string of the molecule is Cc1n[nH]c(=O)cc1N1CCOCC1. The Morgan fingerprint density at radius 2 is 2.21 bits per heavy atom. The molecule has 0 aliphatic carbocycles. The lowest BCUT2D eigenvalue weighted by Gasteiger charge is -2.29. The number of anilines is 1. The van der Waals surface area contributed by atoms with Crippen LogP contribution < -0.4 is 10.5 Å². The summed E-state index contributed by atoms with van der Waals surface area (Å²) in [4.78, 5) is 13.2. The van der Waals surface area contributed by atoms with Gasteiger partial charge in [-0.25, -0.2) is 5.10 Å². The van der Waals surface area contributed by atoms with Crippen LogP contribution in [0.3, 0.4) is 0 Å². The molecule has 0 bridgehead atoms. The number of nitrogens with zero attached hydrogens (tertiary/aromatic N) is 2. The Bertz CT molecular complexity index is 369. The third-order valence-corrected chi connectivity index (χ3v) is 2.32. The number of hydrogen-bond acceptors (Lipinski definition) is 4. The van der Waals surface area contributed by atoms with E-state index in [4.69, 9.17) is 4.74 Å². The van der Waals surface area contributed by atoms with E-state index < -0.39 is 0 Å². The molecule has 1 saturated heterocycles. The molecule has 0 spiro atoms. The first-order chi connectivity index (χ1) is 6.77. The first-order valence-electron chi connectivity index (χ1n) is 4.66. The lowest BCUT2D eigenvalue weighted by atomic mass is 10.3. The van der Waals surface area contributed by atoms with E-state index >= 15 is 0 Å². The smallest absolute Gasteiger partial charge is 0.266 e. The average molecular weight is 195 g/mol. The molecule has 14 heavy (non-hydrogen) atoms. The standard InChI is InChI=1S/C9H13N3O2/c1-7-8(6-9(13)11-10-7)12-2-4-14-5-3-12/h6H,2-5H2,1H3,(H,11,13). The summed E-state index contributed by atoms with van der Waals surface area (Å²) in [6.45, 7) is 4.97. The van der Waals surface area contributed by atoms with E-state index in [9.17, 15) is 4.79 Å². The van der Waals surface area contributed by atoms with Gasteiger partial charge in [-0.05, 0) is 6.92 Å². The third kappa shape index (κ3) is 1.77. The number of morpholine rings is 1. The molecule has 1 aliphatic rings. The molecule has 76 valence electrons. The van der Waals surface area contributed by atoms with Crippen molar-refractivity contribution in [2.75, 3.05) is 31.2 Å². The van der Waals surface area contributed by atoms with Gasteiger partial charge in [-0.1, -0.05) is 0 Å². The van der Waals surface area contributed by atoms with Crippen LogP contribution in [0.2, 0.25) is 0 Å². The van der Waals surface area contributed by atoms with Crippen LogP contribution >= 0.6 is 0 Å². The van der Waals surface area contributed by atoms with Gasteiger partial charge in [-0.15, -0.1) is 0 Å². The molecule has 1 aliphatic heterocycles. The lowest BCUT2D eigenvalue weighted by Crippen LogP contribution is -2.37. The summed E-state index contributed by atoms with van der Waals surface area (Å²) in [5.41, 5.74) is 1.61. The van der Waals surface area contributed by atoms with Crippen LogP contribution in [0.1, 0.15) is 5.69 Å². The zero-order valence-electron chi connectivity index (χ0n) is 8.12.